The number of H-pyrrole nitrogens is 1. The fourth-order valence-corrected chi connectivity index (χ4v) is 6.22. The van der Waals surface area contributed by atoms with E-state index in [0.29, 0.717) is 32.0 Å². The molecule has 8 nitrogen and oxygen atoms in total. The van der Waals surface area contributed by atoms with E-state index in [1.165, 1.54) is 49.2 Å². The first-order valence-corrected chi connectivity index (χ1v) is 12.0. The van der Waals surface area contributed by atoms with Crippen LogP contribution >= 0.6 is 0 Å². The predicted octanol–water partition coefficient (Wildman–Crippen LogP) is 1.29. The molecule has 1 aromatic rings. The highest BCUT2D eigenvalue weighted by atomic mass is 32.2. The van der Waals surface area contributed by atoms with Gasteiger partial charge in [-0.2, -0.15) is 4.31 Å². The van der Waals surface area contributed by atoms with E-state index < -0.39 is 10.0 Å². The minimum atomic E-state index is -3.53. The smallest absolute Gasteiger partial charge is 0.260 e. The van der Waals surface area contributed by atoms with Crippen LogP contribution in [0.5, 0.6) is 0 Å². The van der Waals surface area contributed by atoms with Crippen LogP contribution in [0.3, 0.4) is 0 Å². The van der Waals surface area contributed by atoms with Gasteiger partial charge in [-0.05, 0) is 51.6 Å². The van der Waals surface area contributed by atoms with E-state index in [4.69, 9.17) is 0 Å². The fourth-order valence-electron chi connectivity index (χ4n) is 4.86. The summed E-state index contributed by atoms with van der Waals surface area (Å²) in [5, 5.41) is 0.122. The number of sulfonamides is 1. The normalized spacial score (nSPS) is 24.5. The highest BCUT2D eigenvalue weighted by molar-refractivity contribution is 7.89. The van der Waals surface area contributed by atoms with Crippen molar-refractivity contribution >= 4 is 15.9 Å². The second kappa shape index (κ2) is 8.51. The van der Waals surface area contributed by atoms with Gasteiger partial charge in [-0.3, -0.25) is 4.79 Å². The molecule has 1 amide bonds. The lowest BCUT2D eigenvalue weighted by atomic mass is 9.94. The number of hydrogen-bond acceptors (Lipinski definition) is 5. The van der Waals surface area contributed by atoms with Crippen molar-refractivity contribution in [3.8, 4) is 0 Å². The molecule has 156 valence electrons. The molecule has 28 heavy (non-hydrogen) atoms. The lowest BCUT2D eigenvalue weighted by Crippen LogP contribution is -2.50. The number of amides is 1. The monoisotopic (exact) mass is 409 g/mol. The Labute approximate surface area is 167 Å². The summed E-state index contributed by atoms with van der Waals surface area (Å²) >= 11 is 0. The molecule has 0 saturated carbocycles. The minimum Gasteiger partial charge on any atom is -0.342 e. The van der Waals surface area contributed by atoms with Crippen LogP contribution in [0.25, 0.3) is 0 Å². The molecule has 0 radical (unpaired) electrons. The zero-order chi connectivity index (χ0) is 19.6. The maximum atomic E-state index is 12.9. The van der Waals surface area contributed by atoms with Crippen LogP contribution in [0.4, 0.5) is 0 Å². The van der Waals surface area contributed by atoms with Gasteiger partial charge in [0.15, 0.2) is 5.03 Å². The Kier molecular flexibility index (Phi) is 6.03. The van der Waals surface area contributed by atoms with E-state index >= 15 is 0 Å². The average Bonchev–Trinajstić information content (AvgIpc) is 3.30. The summed E-state index contributed by atoms with van der Waals surface area (Å²) < 4.78 is 26.6. The van der Waals surface area contributed by atoms with Crippen molar-refractivity contribution in [3.63, 3.8) is 0 Å². The zero-order valence-corrected chi connectivity index (χ0v) is 17.2. The summed E-state index contributed by atoms with van der Waals surface area (Å²) in [6, 6.07) is 0.630. The average molecular weight is 410 g/mol. The van der Waals surface area contributed by atoms with Crippen molar-refractivity contribution in [1.82, 2.24) is 24.1 Å². The number of aromatic amines is 1. The Morgan fingerprint density at radius 3 is 2.25 bits per heavy atom. The van der Waals surface area contributed by atoms with Gasteiger partial charge >= 0.3 is 0 Å². The Morgan fingerprint density at radius 2 is 1.64 bits per heavy atom. The number of nitrogens with zero attached hydrogens (tertiary/aromatic N) is 4. The van der Waals surface area contributed by atoms with Crippen molar-refractivity contribution in [1.29, 1.82) is 0 Å². The van der Waals surface area contributed by atoms with Crippen LogP contribution in [0, 0.1) is 5.92 Å². The summed E-state index contributed by atoms with van der Waals surface area (Å²) in [5.41, 5.74) is 0. The van der Waals surface area contributed by atoms with E-state index in [9.17, 15) is 13.2 Å². The van der Waals surface area contributed by atoms with E-state index in [0.717, 1.165) is 25.9 Å². The van der Waals surface area contributed by atoms with Gasteiger partial charge in [0, 0.05) is 38.1 Å². The van der Waals surface area contributed by atoms with Crippen molar-refractivity contribution in [2.75, 3.05) is 39.3 Å². The molecular formula is C19H31N5O3S. The summed E-state index contributed by atoms with van der Waals surface area (Å²) in [6.45, 7) is 4.88. The van der Waals surface area contributed by atoms with Crippen LogP contribution in [0.15, 0.2) is 17.6 Å². The lowest BCUT2D eigenvalue weighted by Gasteiger charge is -2.41. The number of hydrogen-bond donors (Lipinski definition) is 1. The number of carbonyl (C=O) groups is 1. The third kappa shape index (κ3) is 4.11. The van der Waals surface area contributed by atoms with Crippen LogP contribution in [-0.4, -0.2) is 83.7 Å². The maximum absolute atomic E-state index is 12.9. The molecule has 0 atom stereocenters. The van der Waals surface area contributed by atoms with Crippen LogP contribution in [-0.2, 0) is 14.8 Å². The molecule has 0 aromatic carbocycles. The second-order valence-corrected chi connectivity index (χ2v) is 10.2. The topological polar surface area (TPSA) is 89.6 Å². The Balaban J connectivity index is 1.27. The van der Waals surface area contributed by atoms with Crippen LogP contribution < -0.4 is 0 Å². The lowest BCUT2D eigenvalue weighted by molar-refractivity contribution is -0.138. The molecule has 0 bridgehead atoms. The van der Waals surface area contributed by atoms with Gasteiger partial charge in [-0.25, -0.2) is 13.4 Å². The third-order valence-electron chi connectivity index (χ3n) is 6.58. The first-order valence-electron chi connectivity index (χ1n) is 10.6. The highest BCUT2D eigenvalue weighted by Gasteiger charge is 2.36. The molecule has 1 aromatic heterocycles. The number of nitrogens with one attached hydrogen (secondary N) is 1. The number of carbonyl (C=O) groups excluding carboxylic acids is 1. The number of rotatable bonds is 4. The van der Waals surface area contributed by atoms with E-state index in [2.05, 4.69) is 14.9 Å². The molecule has 3 fully saturated rings. The number of piperidine rings is 3. The molecule has 9 heteroatoms. The zero-order valence-electron chi connectivity index (χ0n) is 16.4. The van der Waals surface area contributed by atoms with Gasteiger partial charge < -0.3 is 14.8 Å². The number of imidazole rings is 1. The summed E-state index contributed by atoms with van der Waals surface area (Å²) in [6.07, 6.45) is 9.99. The van der Waals surface area contributed by atoms with E-state index in [1.54, 1.807) is 0 Å². The molecule has 1 N–H and O–H groups in total. The first-order chi connectivity index (χ1) is 13.6. The fraction of sp³-hybridized carbons (Fsp3) is 0.789. The summed E-state index contributed by atoms with van der Waals surface area (Å²) in [5.74, 6) is 0.162. The van der Waals surface area contributed by atoms with Crippen molar-refractivity contribution < 1.29 is 13.2 Å². The van der Waals surface area contributed by atoms with Crippen molar-refractivity contribution in [2.45, 2.75) is 56.0 Å². The van der Waals surface area contributed by atoms with Gasteiger partial charge in [-0.15, -0.1) is 0 Å². The third-order valence-corrected chi connectivity index (χ3v) is 8.40. The maximum Gasteiger partial charge on any atom is 0.260 e. The number of aromatic nitrogens is 2. The summed E-state index contributed by atoms with van der Waals surface area (Å²) in [7, 11) is -3.53. The van der Waals surface area contributed by atoms with Gasteiger partial charge in [0.25, 0.3) is 10.0 Å². The van der Waals surface area contributed by atoms with Crippen molar-refractivity contribution in [3.05, 3.63) is 12.5 Å². The Bertz CT molecular complexity index is 745. The predicted molar refractivity (Wildman–Crippen MR) is 105 cm³/mol. The number of likely N-dealkylation sites (tertiary alicyclic amines) is 2. The van der Waals surface area contributed by atoms with Gasteiger partial charge in [-0.1, -0.05) is 6.42 Å². The second-order valence-electron chi connectivity index (χ2n) is 8.25. The summed E-state index contributed by atoms with van der Waals surface area (Å²) in [4.78, 5) is 24.1. The standard InChI is InChI=1S/C19H31N5O3S/c25-19(23-10-6-17(7-11-23)22-8-2-1-3-9-22)16-4-12-24(13-5-16)28(26,27)18-14-20-15-21-18/h14-17H,1-13H2,(H,20,21). The van der Waals surface area contributed by atoms with Crippen LogP contribution in [0.2, 0.25) is 0 Å². The van der Waals surface area contributed by atoms with Gasteiger partial charge in [0.05, 0.1) is 12.5 Å². The molecule has 0 aliphatic carbocycles. The molecule has 4 heterocycles. The molecule has 0 spiro atoms. The van der Waals surface area contributed by atoms with E-state index in [-0.39, 0.29) is 16.9 Å². The largest absolute Gasteiger partial charge is 0.342 e. The molecular weight excluding hydrogens is 378 g/mol. The van der Waals surface area contributed by atoms with E-state index in [1.807, 2.05) is 4.90 Å². The molecule has 0 unspecified atom stereocenters. The minimum absolute atomic E-state index is 0.0558. The van der Waals surface area contributed by atoms with Crippen molar-refractivity contribution in [2.24, 2.45) is 5.92 Å². The molecule has 4 rings (SSSR count). The molecule has 3 aliphatic rings. The first kappa shape index (κ1) is 19.8. The van der Waals surface area contributed by atoms with Gasteiger partial charge in [0.1, 0.15) is 0 Å². The SMILES string of the molecule is O=C(C1CCN(S(=O)(=O)c2cnc[nH]2)CC1)N1CCC(N2CCCCC2)CC1. The van der Waals surface area contributed by atoms with Crippen LogP contribution in [0.1, 0.15) is 44.9 Å². The highest BCUT2D eigenvalue weighted by Crippen LogP contribution is 2.27. The van der Waals surface area contributed by atoms with Gasteiger partial charge in [0.2, 0.25) is 5.91 Å². The quantitative estimate of drug-likeness (QED) is 0.809. The molecule has 3 saturated heterocycles. The Morgan fingerprint density at radius 1 is 0.964 bits per heavy atom. The molecule has 3 aliphatic heterocycles. The Hall–Kier alpha value is -1.45.